The third-order valence-electron chi connectivity index (χ3n) is 2.00. The van der Waals surface area contributed by atoms with Crippen molar-refractivity contribution < 1.29 is 13.2 Å². The van der Waals surface area contributed by atoms with E-state index in [9.17, 15) is 13.2 Å². The zero-order valence-corrected chi connectivity index (χ0v) is 7.65. The van der Waals surface area contributed by atoms with Crippen LogP contribution in [0.15, 0.2) is 12.1 Å². The van der Waals surface area contributed by atoms with Gasteiger partial charge in [-0.1, -0.05) is 0 Å². The highest BCUT2D eigenvalue weighted by atomic mass is 19.2. The molecule has 0 saturated carbocycles. The molecule has 0 spiro atoms. The van der Waals surface area contributed by atoms with Crippen LogP contribution in [0.1, 0.15) is 11.6 Å². The van der Waals surface area contributed by atoms with Gasteiger partial charge in [-0.3, -0.25) is 0 Å². The molecule has 0 saturated heterocycles. The fourth-order valence-corrected chi connectivity index (χ4v) is 1.21. The minimum atomic E-state index is -1.20. The van der Waals surface area contributed by atoms with Crippen molar-refractivity contribution in [1.82, 2.24) is 5.32 Å². The van der Waals surface area contributed by atoms with Crippen LogP contribution < -0.4 is 11.1 Å². The van der Waals surface area contributed by atoms with E-state index in [0.29, 0.717) is 6.07 Å². The van der Waals surface area contributed by atoms with Crippen LogP contribution in [0.4, 0.5) is 13.2 Å². The maximum atomic E-state index is 13.2. The van der Waals surface area contributed by atoms with Gasteiger partial charge in [0.1, 0.15) is 5.82 Å². The average Bonchev–Trinajstić information content (AvgIpc) is 2.15. The maximum absolute atomic E-state index is 13.2. The molecule has 0 aliphatic rings. The average molecular weight is 204 g/mol. The quantitative estimate of drug-likeness (QED) is 0.729. The molecule has 0 amide bonds. The third kappa shape index (κ3) is 2.05. The number of likely N-dealkylation sites (N-methyl/N-ethyl adjacent to an activating group) is 1. The molecule has 0 radical (unpaired) electrons. The predicted molar refractivity (Wildman–Crippen MR) is 47.2 cm³/mol. The molecule has 78 valence electrons. The van der Waals surface area contributed by atoms with Gasteiger partial charge in [-0.05, 0) is 13.1 Å². The van der Waals surface area contributed by atoms with Gasteiger partial charge in [0, 0.05) is 24.2 Å². The molecule has 1 atom stereocenters. The molecule has 0 bridgehead atoms. The summed E-state index contributed by atoms with van der Waals surface area (Å²) in [5.74, 6) is -3.07. The molecule has 1 unspecified atom stereocenters. The van der Waals surface area contributed by atoms with Crippen molar-refractivity contribution in [2.45, 2.75) is 6.04 Å². The number of hydrogen-bond acceptors (Lipinski definition) is 2. The van der Waals surface area contributed by atoms with Crippen LogP contribution in [0.2, 0.25) is 0 Å². The highest BCUT2D eigenvalue weighted by Gasteiger charge is 2.15. The predicted octanol–water partition coefficient (Wildman–Crippen LogP) is 1.32. The molecule has 1 aromatic carbocycles. The lowest BCUT2D eigenvalue weighted by atomic mass is 10.1. The van der Waals surface area contributed by atoms with Gasteiger partial charge < -0.3 is 11.1 Å². The number of nitrogens with two attached hydrogens (primary N) is 1. The van der Waals surface area contributed by atoms with E-state index in [1.54, 1.807) is 7.05 Å². The first-order valence-electron chi connectivity index (χ1n) is 4.12. The Morgan fingerprint density at radius 1 is 1.21 bits per heavy atom. The first-order valence-corrected chi connectivity index (χ1v) is 4.12. The molecule has 14 heavy (non-hydrogen) atoms. The molecule has 5 heteroatoms. The van der Waals surface area contributed by atoms with Gasteiger partial charge in [0.05, 0.1) is 0 Å². The summed E-state index contributed by atoms with van der Waals surface area (Å²) in [6, 6.07) is 0.827. The lowest BCUT2D eigenvalue weighted by molar-refractivity contribution is 0.476. The third-order valence-corrected chi connectivity index (χ3v) is 2.00. The smallest absolute Gasteiger partial charge is 0.161 e. The number of rotatable bonds is 3. The molecule has 0 heterocycles. The molecule has 2 nitrogen and oxygen atoms in total. The number of hydrogen-bond donors (Lipinski definition) is 2. The van der Waals surface area contributed by atoms with Gasteiger partial charge in [0.25, 0.3) is 0 Å². The van der Waals surface area contributed by atoms with Crippen molar-refractivity contribution in [2.24, 2.45) is 5.73 Å². The Balaban J connectivity index is 3.14. The number of halogens is 3. The van der Waals surface area contributed by atoms with E-state index in [1.165, 1.54) is 0 Å². The van der Waals surface area contributed by atoms with Crippen LogP contribution >= 0.6 is 0 Å². The van der Waals surface area contributed by atoms with Crippen LogP contribution in [0.5, 0.6) is 0 Å². The monoisotopic (exact) mass is 204 g/mol. The van der Waals surface area contributed by atoms with Gasteiger partial charge in [0.15, 0.2) is 11.6 Å². The summed E-state index contributed by atoms with van der Waals surface area (Å²) in [7, 11) is 1.57. The van der Waals surface area contributed by atoms with Gasteiger partial charge in [0.2, 0.25) is 0 Å². The number of nitrogens with one attached hydrogen (secondary N) is 1. The second-order valence-corrected chi connectivity index (χ2v) is 2.86. The summed E-state index contributed by atoms with van der Waals surface area (Å²) in [6.45, 7) is 0.110. The zero-order chi connectivity index (χ0) is 10.7. The van der Waals surface area contributed by atoms with Crippen LogP contribution in [0, 0.1) is 17.5 Å². The van der Waals surface area contributed by atoms with E-state index >= 15 is 0 Å². The van der Waals surface area contributed by atoms with E-state index < -0.39 is 23.5 Å². The second-order valence-electron chi connectivity index (χ2n) is 2.86. The Labute approximate surface area is 79.9 Å². The van der Waals surface area contributed by atoms with Crippen LogP contribution in [-0.2, 0) is 0 Å². The Hall–Kier alpha value is -1.07. The van der Waals surface area contributed by atoms with Crippen LogP contribution in [0.25, 0.3) is 0 Å². The highest BCUT2D eigenvalue weighted by molar-refractivity contribution is 5.23. The highest BCUT2D eigenvalue weighted by Crippen LogP contribution is 2.19. The van der Waals surface area contributed by atoms with Gasteiger partial charge in [-0.25, -0.2) is 13.2 Å². The molecular weight excluding hydrogens is 193 g/mol. The summed E-state index contributed by atoms with van der Waals surface area (Å²) in [5, 5.41) is 2.70. The minimum absolute atomic E-state index is 0.0360. The van der Waals surface area contributed by atoms with E-state index in [-0.39, 0.29) is 12.1 Å². The summed E-state index contributed by atoms with van der Waals surface area (Å²) < 4.78 is 38.5. The van der Waals surface area contributed by atoms with Crippen LogP contribution in [0.3, 0.4) is 0 Å². The normalized spacial score (nSPS) is 12.9. The first-order chi connectivity index (χ1) is 6.60. The van der Waals surface area contributed by atoms with E-state index in [2.05, 4.69) is 5.32 Å². The van der Waals surface area contributed by atoms with Crippen molar-refractivity contribution >= 4 is 0 Å². The van der Waals surface area contributed by atoms with Crippen molar-refractivity contribution in [1.29, 1.82) is 0 Å². The summed E-state index contributed by atoms with van der Waals surface area (Å²) in [4.78, 5) is 0. The number of benzene rings is 1. The Kier molecular flexibility index (Phi) is 3.49. The van der Waals surface area contributed by atoms with E-state index in [1.807, 2.05) is 0 Å². The fourth-order valence-electron chi connectivity index (χ4n) is 1.21. The van der Waals surface area contributed by atoms with Crippen molar-refractivity contribution in [2.75, 3.05) is 13.6 Å². The van der Waals surface area contributed by atoms with Gasteiger partial charge in [-0.15, -0.1) is 0 Å². The lowest BCUT2D eigenvalue weighted by Crippen LogP contribution is -2.26. The Bertz CT molecular complexity index is 324. The van der Waals surface area contributed by atoms with E-state index in [0.717, 1.165) is 6.07 Å². The van der Waals surface area contributed by atoms with Crippen LogP contribution in [-0.4, -0.2) is 13.6 Å². The molecule has 1 aromatic rings. The topological polar surface area (TPSA) is 38.0 Å². The molecule has 0 aliphatic heterocycles. The minimum Gasteiger partial charge on any atom is -0.329 e. The SMILES string of the molecule is CNC(CN)c1cc(F)c(F)cc1F. The standard InChI is InChI=1S/C9H11F3N2/c1-14-9(4-13)5-2-7(11)8(12)3-6(5)10/h2-3,9,14H,4,13H2,1H3. The zero-order valence-electron chi connectivity index (χ0n) is 7.65. The first kappa shape index (κ1) is 11.0. The van der Waals surface area contributed by atoms with Crippen molar-refractivity contribution in [3.05, 3.63) is 35.1 Å². The molecule has 0 aromatic heterocycles. The Morgan fingerprint density at radius 3 is 2.29 bits per heavy atom. The molecule has 1 rings (SSSR count). The lowest BCUT2D eigenvalue weighted by Gasteiger charge is -2.14. The second kappa shape index (κ2) is 4.43. The molecule has 3 N–H and O–H groups in total. The van der Waals surface area contributed by atoms with Gasteiger partial charge in [-0.2, -0.15) is 0 Å². The fraction of sp³-hybridized carbons (Fsp3) is 0.333. The van der Waals surface area contributed by atoms with Crippen molar-refractivity contribution in [3.63, 3.8) is 0 Å². The maximum Gasteiger partial charge on any atom is 0.161 e. The molecule has 0 fully saturated rings. The van der Waals surface area contributed by atoms with Crippen molar-refractivity contribution in [3.8, 4) is 0 Å². The molecule has 0 aliphatic carbocycles. The van der Waals surface area contributed by atoms with E-state index in [4.69, 9.17) is 5.73 Å². The summed E-state index contributed by atoms with van der Waals surface area (Å²) >= 11 is 0. The Morgan fingerprint density at radius 2 is 1.79 bits per heavy atom. The summed E-state index contributed by atoms with van der Waals surface area (Å²) in [6.07, 6.45) is 0. The largest absolute Gasteiger partial charge is 0.329 e. The summed E-state index contributed by atoms with van der Waals surface area (Å²) in [5.41, 5.74) is 5.36. The molecular formula is C9H11F3N2. The van der Waals surface area contributed by atoms with Gasteiger partial charge >= 0.3 is 0 Å².